The van der Waals surface area contributed by atoms with Gasteiger partial charge in [-0.1, -0.05) is 23.9 Å². The van der Waals surface area contributed by atoms with E-state index in [2.05, 4.69) is 25.0 Å². The number of rotatable bonds is 5. The average Bonchev–Trinajstić information content (AvgIpc) is 3.07. The molecule has 0 aliphatic rings. The van der Waals surface area contributed by atoms with Crippen molar-refractivity contribution < 1.29 is 17.9 Å². The maximum atomic E-state index is 12.3. The van der Waals surface area contributed by atoms with E-state index in [1.54, 1.807) is 6.20 Å². The molecule has 0 atom stereocenters. The van der Waals surface area contributed by atoms with Crippen molar-refractivity contribution in [1.82, 2.24) is 19.5 Å². The van der Waals surface area contributed by atoms with Gasteiger partial charge in [0.15, 0.2) is 16.8 Å². The lowest BCUT2D eigenvalue weighted by Crippen LogP contribution is -2.16. The molecule has 0 bridgehead atoms. The molecule has 0 spiro atoms. The van der Waals surface area contributed by atoms with E-state index in [1.165, 1.54) is 42.2 Å². The van der Waals surface area contributed by atoms with E-state index in [4.69, 9.17) is 0 Å². The average molecular weight is 417 g/mol. The summed E-state index contributed by atoms with van der Waals surface area (Å²) in [5, 5.41) is 3.80. The van der Waals surface area contributed by atoms with E-state index in [-0.39, 0.29) is 5.75 Å². The number of nitrogens with one attached hydrogen (secondary N) is 1. The summed E-state index contributed by atoms with van der Waals surface area (Å²) >= 11 is 1.49. The van der Waals surface area contributed by atoms with Gasteiger partial charge in [-0.25, -0.2) is 9.97 Å². The van der Waals surface area contributed by atoms with E-state index in [0.717, 1.165) is 16.2 Å². The molecule has 0 aliphatic carbocycles. The van der Waals surface area contributed by atoms with Crippen molar-refractivity contribution in [2.45, 2.75) is 11.5 Å². The van der Waals surface area contributed by atoms with Gasteiger partial charge >= 0.3 is 6.36 Å². The Balaban J connectivity index is 1.62. The first-order valence-electron chi connectivity index (χ1n) is 8.40. The fraction of sp³-hybridized carbons (Fsp3) is 0.105. The van der Waals surface area contributed by atoms with E-state index < -0.39 is 6.36 Å². The highest BCUT2D eigenvalue weighted by Gasteiger charge is 2.30. The van der Waals surface area contributed by atoms with Gasteiger partial charge in [0.05, 0.1) is 23.4 Å². The van der Waals surface area contributed by atoms with Gasteiger partial charge in [0.2, 0.25) is 0 Å². The highest BCUT2D eigenvalue weighted by atomic mass is 32.2. The van der Waals surface area contributed by atoms with Gasteiger partial charge in [0.1, 0.15) is 5.75 Å². The molecule has 0 unspecified atom stereocenters. The van der Waals surface area contributed by atoms with Gasteiger partial charge in [0, 0.05) is 5.69 Å². The summed E-state index contributed by atoms with van der Waals surface area (Å²) in [4.78, 5) is 13.4. The Labute approximate surface area is 167 Å². The Bertz CT molecular complexity index is 1140. The van der Waals surface area contributed by atoms with Crippen LogP contribution in [0.4, 0.5) is 24.7 Å². The second-order valence-electron chi connectivity index (χ2n) is 5.88. The molecule has 1 N–H and O–H groups in total. The van der Waals surface area contributed by atoms with Crippen molar-refractivity contribution in [2.75, 3.05) is 11.6 Å². The van der Waals surface area contributed by atoms with E-state index >= 15 is 0 Å². The number of ether oxygens (including phenoxy) is 1. The van der Waals surface area contributed by atoms with Gasteiger partial charge in [-0.2, -0.15) is 0 Å². The van der Waals surface area contributed by atoms with Crippen LogP contribution in [0, 0.1) is 0 Å². The van der Waals surface area contributed by atoms with Crippen molar-refractivity contribution in [2.24, 2.45) is 0 Å². The molecule has 6 nitrogen and oxygen atoms in total. The third kappa shape index (κ3) is 4.27. The number of alkyl halides is 3. The number of halogens is 3. The second kappa shape index (κ2) is 7.63. The molecule has 0 saturated heterocycles. The smallest absolute Gasteiger partial charge is 0.406 e. The summed E-state index contributed by atoms with van der Waals surface area (Å²) in [6, 6.07) is 13.1. The molecule has 2 aromatic carbocycles. The number of benzene rings is 2. The molecule has 2 aromatic heterocycles. The molecule has 0 amide bonds. The molecule has 2 heterocycles. The lowest BCUT2D eigenvalue weighted by molar-refractivity contribution is -0.274. The van der Waals surface area contributed by atoms with Crippen molar-refractivity contribution in [3.05, 3.63) is 60.9 Å². The lowest BCUT2D eigenvalue weighted by atomic mass is 10.3. The fourth-order valence-corrected chi connectivity index (χ4v) is 3.34. The Morgan fingerprint density at radius 1 is 1.00 bits per heavy atom. The van der Waals surface area contributed by atoms with Crippen LogP contribution in [0.3, 0.4) is 0 Å². The van der Waals surface area contributed by atoms with Crippen molar-refractivity contribution in [1.29, 1.82) is 0 Å². The Hall–Kier alpha value is -3.27. The molecule has 10 heteroatoms. The zero-order valence-corrected chi connectivity index (χ0v) is 15.8. The van der Waals surface area contributed by atoms with Crippen molar-refractivity contribution in [3.8, 4) is 11.6 Å². The summed E-state index contributed by atoms with van der Waals surface area (Å²) in [5.41, 5.74) is 2.29. The molecule has 0 fully saturated rings. The van der Waals surface area contributed by atoms with Gasteiger partial charge in [-0.15, -0.1) is 13.2 Å². The monoisotopic (exact) mass is 417 g/mol. The fourth-order valence-electron chi connectivity index (χ4n) is 2.77. The third-order valence-electron chi connectivity index (χ3n) is 3.92. The molecular formula is C19H14F3N5OS. The van der Waals surface area contributed by atoms with Crippen LogP contribution < -0.4 is 10.1 Å². The second-order valence-corrected chi connectivity index (χ2v) is 6.66. The summed E-state index contributed by atoms with van der Waals surface area (Å²) in [5.74, 6) is 0.722. The minimum atomic E-state index is -4.72. The molecule has 148 valence electrons. The number of aromatic nitrogens is 4. The lowest BCUT2D eigenvalue weighted by Gasteiger charge is -2.11. The molecule has 0 radical (unpaired) electrons. The summed E-state index contributed by atoms with van der Waals surface area (Å²) in [6.07, 6.45) is 0.357. The van der Waals surface area contributed by atoms with Crippen LogP contribution in [0.5, 0.6) is 5.75 Å². The Kier molecular flexibility index (Phi) is 5.01. The van der Waals surface area contributed by atoms with Crippen LogP contribution in [-0.4, -0.2) is 32.1 Å². The molecule has 4 aromatic rings. The van der Waals surface area contributed by atoms with Crippen LogP contribution in [0.15, 0.2) is 66.1 Å². The number of anilines is 2. The zero-order valence-electron chi connectivity index (χ0n) is 15.0. The number of para-hydroxylation sites is 2. The number of fused-ring (bicyclic) bond motifs is 1. The predicted octanol–water partition coefficient (Wildman–Crippen LogP) is 5.18. The van der Waals surface area contributed by atoms with Gasteiger partial charge in [-0.3, -0.25) is 9.55 Å². The van der Waals surface area contributed by atoms with Crippen LogP contribution >= 0.6 is 11.8 Å². The topological polar surface area (TPSA) is 64.9 Å². The summed E-state index contributed by atoms with van der Waals surface area (Å²) in [7, 11) is 0. The molecule has 4 rings (SSSR count). The quantitative estimate of drug-likeness (QED) is 0.452. The summed E-state index contributed by atoms with van der Waals surface area (Å²) in [6.45, 7) is 0. The van der Waals surface area contributed by atoms with E-state index in [1.807, 2.05) is 35.1 Å². The van der Waals surface area contributed by atoms with Crippen LogP contribution in [0.2, 0.25) is 0 Å². The van der Waals surface area contributed by atoms with E-state index in [0.29, 0.717) is 17.3 Å². The van der Waals surface area contributed by atoms with E-state index in [9.17, 15) is 13.2 Å². The van der Waals surface area contributed by atoms with Crippen LogP contribution in [-0.2, 0) is 0 Å². The minimum absolute atomic E-state index is 0.294. The van der Waals surface area contributed by atoms with Crippen LogP contribution in [0.25, 0.3) is 16.9 Å². The molecular weight excluding hydrogens is 403 g/mol. The summed E-state index contributed by atoms with van der Waals surface area (Å²) < 4.78 is 42.6. The van der Waals surface area contributed by atoms with Crippen LogP contribution in [0.1, 0.15) is 0 Å². The number of nitrogens with zero attached hydrogens (tertiary/aromatic N) is 4. The van der Waals surface area contributed by atoms with Crippen molar-refractivity contribution in [3.63, 3.8) is 0 Å². The SMILES string of the molecule is CSc1nc2ccccc2n1-c1cncc(Nc2ccc(OC(F)(F)F)cc2)n1. The minimum Gasteiger partial charge on any atom is -0.406 e. The standard InChI is InChI=1S/C19H14F3N5OS/c1-29-18-25-14-4-2-3-5-15(14)27(18)17-11-23-10-16(26-17)24-12-6-8-13(9-7-12)28-19(20,21)22/h2-11H,1H3,(H,24,26). The highest BCUT2D eigenvalue weighted by Crippen LogP contribution is 2.27. The Morgan fingerprint density at radius 3 is 2.48 bits per heavy atom. The number of imidazole rings is 1. The van der Waals surface area contributed by atoms with Gasteiger partial charge in [-0.05, 0) is 42.7 Å². The third-order valence-corrected chi connectivity index (χ3v) is 4.56. The highest BCUT2D eigenvalue weighted by molar-refractivity contribution is 7.98. The normalized spacial score (nSPS) is 11.6. The predicted molar refractivity (Wildman–Crippen MR) is 105 cm³/mol. The maximum absolute atomic E-state index is 12.3. The largest absolute Gasteiger partial charge is 0.573 e. The van der Waals surface area contributed by atoms with Crippen molar-refractivity contribution >= 4 is 34.3 Å². The molecule has 29 heavy (non-hydrogen) atoms. The first-order chi connectivity index (χ1) is 13.9. The zero-order chi connectivity index (χ0) is 20.4. The number of thioether (sulfide) groups is 1. The first kappa shape index (κ1) is 19.1. The molecule has 0 aliphatic heterocycles. The maximum Gasteiger partial charge on any atom is 0.573 e. The number of hydrogen-bond donors (Lipinski definition) is 1. The van der Waals surface area contributed by atoms with Gasteiger partial charge in [0.25, 0.3) is 0 Å². The molecule has 0 saturated carbocycles. The Morgan fingerprint density at radius 2 is 1.76 bits per heavy atom. The first-order valence-corrected chi connectivity index (χ1v) is 9.62. The number of hydrogen-bond acceptors (Lipinski definition) is 6. The van der Waals surface area contributed by atoms with Gasteiger partial charge < -0.3 is 10.1 Å².